The fourth-order valence-electron chi connectivity index (χ4n) is 2.15. The summed E-state index contributed by atoms with van der Waals surface area (Å²) in [6.45, 7) is 3.64. The third-order valence-corrected chi connectivity index (χ3v) is 3.07. The Kier molecular flexibility index (Phi) is 4.68. The number of aromatic amines is 1. The summed E-state index contributed by atoms with van der Waals surface area (Å²) >= 11 is 0. The maximum Gasteiger partial charge on any atom is 0.233 e. The Morgan fingerprint density at radius 2 is 2.30 bits per heavy atom. The van der Waals surface area contributed by atoms with E-state index in [9.17, 15) is 9.18 Å². The van der Waals surface area contributed by atoms with E-state index in [0.717, 1.165) is 13.0 Å². The summed E-state index contributed by atoms with van der Waals surface area (Å²) < 4.78 is 13.6. The molecule has 0 unspecified atom stereocenters. The summed E-state index contributed by atoms with van der Waals surface area (Å²) in [7, 11) is 1.61. The number of aromatic nitrogens is 2. The van der Waals surface area contributed by atoms with E-state index in [-0.39, 0.29) is 11.7 Å². The van der Waals surface area contributed by atoms with E-state index < -0.39 is 0 Å². The number of hydrogen-bond acceptors (Lipinski definition) is 3. The largest absolute Gasteiger partial charge is 0.358 e. The van der Waals surface area contributed by atoms with Crippen LogP contribution in [0.25, 0.3) is 11.0 Å². The number of fused-ring (bicyclic) bond motifs is 1. The molecule has 0 atom stereocenters. The minimum atomic E-state index is -0.335. The number of para-hydroxylation sites is 1. The smallest absolute Gasteiger partial charge is 0.233 e. The molecule has 0 aliphatic rings. The van der Waals surface area contributed by atoms with E-state index in [4.69, 9.17) is 0 Å². The Bertz CT molecular complexity index is 596. The Morgan fingerprint density at radius 1 is 1.50 bits per heavy atom. The Labute approximate surface area is 117 Å². The van der Waals surface area contributed by atoms with Crippen LogP contribution >= 0.6 is 0 Å². The SMILES string of the molecule is CCCN(CC(=O)NC)Cc1nc2c(F)cccc2[nH]1. The van der Waals surface area contributed by atoms with Crippen LogP contribution in [0.4, 0.5) is 4.39 Å². The first-order valence-electron chi connectivity index (χ1n) is 6.70. The van der Waals surface area contributed by atoms with Gasteiger partial charge < -0.3 is 10.3 Å². The zero-order chi connectivity index (χ0) is 14.5. The molecule has 2 N–H and O–H groups in total. The van der Waals surface area contributed by atoms with Crippen molar-refractivity contribution in [2.75, 3.05) is 20.1 Å². The van der Waals surface area contributed by atoms with Crippen molar-refractivity contribution in [2.24, 2.45) is 0 Å². The van der Waals surface area contributed by atoms with Gasteiger partial charge in [-0.3, -0.25) is 9.69 Å². The number of carbonyl (C=O) groups is 1. The molecule has 2 rings (SSSR count). The Hall–Kier alpha value is -1.95. The molecule has 1 heterocycles. The van der Waals surface area contributed by atoms with E-state index in [1.807, 2.05) is 4.90 Å². The molecule has 0 bridgehead atoms. The monoisotopic (exact) mass is 278 g/mol. The van der Waals surface area contributed by atoms with Gasteiger partial charge >= 0.3 is 0 Å². The lowest BCUT2D eigenvalue weighted by Gasteiger charge is -2.19. The highest BCUT2D eigenvalue weighted by Gasteiger charge is 2.13. The number of nitrogens with zero attached hydrogens (tertiary/aromatic N) is 2. The fourth-order valence-corrected chi connectivity index (χ4v) is 2.15. The van der Waals surface area contributed by atoms with Crippen molar-refractivity contribution in [3.8, 4) is 0 Å². The molecule has 0 fully saturated rings. The first-order chi connectivity index (χ1) is 9.63. The lowest BCUT2D eigenvalue weighted by atomic mass is 10.3. The number of benzene rings is 1. The lowest BCUT2D eigenvalue weighted by Crippen LogP contribution is -2.35. The maximum absolute atomic E-state index is 13.6. The molecule has 0 aliphatic heterocycles. The van der Waals surface area contributed by atoms with Gasteiger partial charge in [0.2, 0.25) is 5.91 Å². The number of H-pyrrole nitrogens is 1. The van der Waals surface area contributed by atoms with Gasteiger partial charge in [0.25, 0.3) is 0 Å². The highest BCUT2D eigenvalue weighted by molar-refractivity contribution is 5.77. The number of imidazole rings is 1. The van der Waals surface area contributed by atoms with Gasteiger partial charge in [-0.15, -0.1) is 0 Å². The van der Waals surface area contributed by atoms with Crippen LogP contribution < -0.4 is 5.32 Å². The van der Waals surface area contributed by atoms with Crippen molar-refractivity contribution in [2.45, 2.75) is 19.9 Å². The molecule has 1 amide bonds. The van der Waals surface area contributed by atoms with E-state index in [1.54, 1.807) is 19.2 Å². The highest BCUT2D eigenvalue weighted by Crippen LogP contribution is 2.15. The number of amides is 1. The second-order valence-electron chi connectivity index (χ2n) is 4.70. The van der Waals surface area contributed by atoms with Crippen LogP contribution in [-0.2, 0) is 11.3 Å². The van der Waals surface area contributed by atoms with Gasteiger partial charge in [0.15, 0.2) is 5.82 Å². The van der Waals surface area contributed by atoms with E-state index in [2.05, 4.69) is 22.2 Å². The van der Waals surface area contributed by atoms with Crippen molar-refractivity contribution in [1.29, 1.82) is 0 Å². The van der Waals surface area contributed by atoms with Crippen LogP contribution in [-0.4, -0.2) is 40.9 Å². The first-order valence-corrected chi connectivity index (χ1v) is 6.70. The van der Waals surface area contributed by atoms with Gasteiger partial charge in [0.1, 0.15) is 11.3 Å². The molecule has 0 spiro atoms. The molecule has 20 heavy (non-hydrogen) atoms. The van der Waals surface area contributed by atoms with Crippen molar-refractivity contribution >= 4 is 16.9 Å². The van der Waals surface area contributed by atoms with Gasteiger partial charge in [0.05, 0.1) is 18.6 Å². The maximum atomic E-state index is 13.6. The molecule has 5 nitrogen and oxygen atoms in total. The predicted molar refractivity (Wildman–Crippen MR) is 75.7 cm³/mol. The summed E-state index contributed by atoms with van der Waals surface area (Å²) in [6.07, 6.45) is 0.936. The van der Waals surface area contributed by atoms with Crippen LogP contribution in [0.5, 0.6) is 0 Å². The Balaban J connectivity index is 2.15. The number of halogens is 1. The molecule has 0 saturated carbocycles. The van der Waals surface area contributed by atoms with Crippen molar-refractivity contribution in [3.05, 3.63) is 29.8 Å². The van der Waals surface area contributed by atoms with Crippen molar-refractivity contribution in [1.82, 2.24) is 20.2 Å². The molecule has 0 saturated heterocycles. The van der Waals surface area contributed by atoms with Crippen LogP contribution in [0.2, 0.25) is 0 Å². The quantitative estimate of drug-likeness (QED) is 0.845. The molecule has 6 heteroatoms. The average molecular weight is 278 g/mol. The van der Waals surface area contributed by atoms with Gasteiger partial charge in [-0.1, -0.05) is 13.0 Å². The zero-order valence-corrected chi connectivity index (χ0v) is 11.7. The average Bonchev–Trinajstić information content (AvgIpc) is 2.83. The third-order valence-electron chi connectivity index (χ3n) is 3.07. The van der Waals surface area contributed by atoms with Gasteiger partial charge in [0, 0.05) is 7.05 Å². The molecular formula is C14H19FN4O. The molecule has 1 aromatic carbocycles. The molecule has 2 aromatic rings. The summed E-state index contributed by atoms with van der Waals surface area (Å²) in [5.74, 6) is 0.293. The number of carbonyl (C=O) groups excluding carboxylic acids is 1. The number of likely N-dealkylation sites (N-methyl/N-ethyl adjacent to an activating group) is 1. The van der Waals surface area contributed by atoms with Crippen molar-refractivity contribution < 1.29 is 9.18 Å². The summed E-state index contributed by atoms with van der Waals surface area (Å²) in [5.41, 5.74) is 1.02. The highest BCUT2D eigenvalue weighted by atomic mass is 19.1. The summed E-state index contributed by atoms with van der Waals surface area (Å²) in [4.78, 5) is 20.8. The van der Waals surface area contributed by atoms with Crippen molar-refractivity contribution in [3.63, 3.8) is 0 Å². The minimum Gasteiger partial charge on any atom is -0.358 e. The summed E-state index contributed by atoms with van der Waals surface area (Å²) in [5, 5.41) is 2.60. The fraction of sp³-hybridized carbons (Fsp3) is 0.429. The first kappa shape index (κ1) is 14.5. The molecule has 1 aromatic heterocycles. The van der Waals surface area contributed by atoms with Gasteiger partial charge in [-0.2, -0.15) is 0 Å². The van der Waals surface area contributed by atoms with Crippen LogP contribution in [0.1, 0.15) is 19.2 Å². The predicted octanol–water partition coefficient (Wildman–Crippen LogP) is 1.66. The van der Waals surface area contributed by atoms with Crippen LogP contribution in [0, 0.1) is 5.82 Å². The number of rotatable bonds is 6. The number of nitrogens with one attached hydrogen (secondary N) is 2. The van der Waals surface area contributed by atoms with Crippen LogP contribution in [0.3, 0.4) is 0 Å². The van der Waals surface area contributed by atoms with Gasteiger partial charge in [-0.25, -0.2) is 9.37 Å². The molecule has 108 valence electrons. The second-order valence-corrected chi connectivity index (χ2v) is 4.70. The topological polar surface area (TPSA) is 61.0 Å². The van der Waals surface area contributed by atoms with Gasteiger partial charge in [-0.05, 0) is 25.1 Å². The Morgan fingerprint density at radius 3 is 2.95 bits per heavy atom. The number of hydrogen-bond donors (Lipinski definition) is 2. The summed E-state index contributed by atoms with van der Waals surface area (Å²) in [6, 6.07) is 4.83. The minimum absolute atomic E-state index is 0.0410. The molecule has 0 aliphatic carbocycles. The normalized spacial score (nSPS) is 11.2. The van der Waals surface area contributed by atoms with E-state index in [1.165, 1.54) is 6.07 Å². The van der Waals surface area contributed by atoms with Crippen LogP contribution in [0.15, 0.2) is 18.2 Å². The zero-order valence-electron chi connectivity index (χ0n) is 11.7. The van der Waals surface area contributed by atoms with E-state index in [0.29, 0.717) is 29.9 Å². The second kappa shape index (κ2) is 6.47. The molecular weight excluding hydrogens is 259 g/mol. The standard InChI is InChI=1S/C14H19FN4O/c1-3-7-19(9-13(20)16-2)8-12-17-11-6-4-5-10(15)14(11)18-12/h4-6H,3,7-9H2,1-2H3,(H,16,20)(H,17,18). The van der Waals surface area contributed by atoms with E-state index >= 15 is 0 Å². The lowest BCUT2D eigenvalue weighted by molar-refractivity contribution is -0.121. The third kappa shape index (κ3) is 3.33. The molecule has 0 radical (unpaired) electrons.